The van der Waals surface area contributed by atoms with Crippen LogP contribution in [0, 0.1) is 11.7 Å². The van der Waals surface area contributed by atoms with Crippen molar-refractivity contribution in [1.82, 2.24) is 4.90 Å². The highest BCUT2D eigenvalue weighted by atomic mass is 19.1. The number of aromatic hydroxyl groups is 1. The fraction of sp³-hybridized carbons (Fsp3) is 0.538. The zero-order chi connectivity index (χ0) is 13.3. The van der Waals surface area contributed by atoms with Crippen LogP contribution in [-0.2, 0) is 0 Å². The Morgan fingerprint density at radius 3 is 2.78 bits per heavy atom. The molecule has 4 nitrogen and oxygen atoms in total. The van der Waals surface area contributed by atoms with Crippen molar-refractivity contribution in [2.45, 2.75) is 12.5 Å². The molecular formula is C13H19FN2O2. The minimum absolute atomic E-state index is 0.0543. The molecule has 1 aliphatic heterocycles. The van der Waals surface area contributed by atoms with Crippen molar-refractivity contribution < 1.29 is 14.2 Å². The number of phenolic OH excluding ortho intramolecular Hbond substituents is 1. The van der Waals surface area contributed by atoms with E-state index in [2.05, 4.69) is 0 Å². The van der Waals surface area contributed by atoms with Crippen LogP contribution < -0.4 is 10.5 Å². The molecule has 0 saturated carbocycles. The number of halogens is 1. The van der Waals surface area contributed by atoms with Gasteiger partial charge in [0, 0.05) is 30.3 Å². The number of hydrogen-bond acceptors (Lipinski definition) is 4. The molecule has 2 unspecified atom stereocenters. The maximum Gasteiger partial charge on any atom is 0.135 e. The molecule has 0 bridgehead atoms. The van der Waals surface area contributed by atoms with Crippen molar-refractivity contribution >= 4 is 0 Å². The van der Waals surface area contributed by atoms with E-state index in [-0.39, 0.29) is 11.8 Å². The molecule has 5 heteroatoms. The molecule has 1 aliphatic rings. The Morgan fingerprint density at radius 2 is 2.28 bits per heavy atom. The van der Waals surface area contributed by atoms with E-state index in [4.69, 9.17) is 10.5 Å². The highest BCUT2D eigenvalue weighted by Crippen LogP contribution is 2.40. The molecule has 2 rings (SSSR count). The third-order valence-electron chi connectivity index (χ3n) is 3.62. The number of rotatable bonds is 3. The quantitative estimate of drug-likeness (QED) is 0.858. The van der Waals surface area contributed by atoms with Gasteiger partial charge in [-0.25, -0.2) is 4.39 Å². The van der Waals surface area contributed by atoms with Crippen molar-refractivity contribution in [3.63, 3.8) is 0 Å². The number of nitrogens with two attached hydrogens (primary N) is 1. The Bertz CT molecular complexity index is 416. The molecule has 18 heavy (non-hydrogen) atoms. The first-order chi connectivity index (χ1) is 8.56. The lowest BCUT2D eigenvalue weighted by Gasteiger charge is -2.21. The molecule has 0 spiro atoms. The van der Waals surface area contributed by atoms with Gasteiger partial charge >= 0.3 is 0 Å². The van der Waals surface area contributed by atoms with Crippen LogP contribution in [0.1, 0.15) is 18.0 Å². The van der Waals surface area contributed by atoms with E-state index in [9.17, 15) is 9.50 Å². The fourth-order valence-electron chi connectivity index (χ4n) is 2.64. The number of ether oxygens (including phenoxy) is 1. The summed E-state index contributed by atoms with van der Waals surface area (Å²) in [7, 11) is 3.36. The van der Waals surface area contributed by atoms with Crippen LogP contribution in [0.25, 0.3) is 0 Å². The number of phenols is 1. The van der Waals surface area contributed by atoms with Gasteiger partial charge in [0.1, 0.15) is 17.3 Å². The van der Waals surface area contributed by atoms with E-state index in [1.165, 1.54) is 19.2 Å². The van der Waals surface area contributed by atoms with E-state index < -0.39 is 5.82 Å². The maximum atomic E-state index is 14.1. The van der Waals surface area contributed by atoms with Crippen LogP contribution in [0.5, 0.6) is 11.5 Å². The van der Waals surface area contributed by atoms with Crippen LogP contribution in [0.2, 0.25) is 0 Å². The fourth-order valence-corrected chi connectivity index (χ4v) is 2.64. The molecule has 0 radical (unpaired) electrons. The summed E-state index contributed by atoms with van der Waals surface area (Å²) in [6.07, 6.45) is 0.768. The first-order valence-corrected chi connectivity index (χ1v) is 6.03. The highest BCUT2D eigenvalue weighted by Gasteiger charge is 2.33. The SMILES string of the molecule is COc1cc(O)c(C2CC(CN)CN2C)c(F)c1. The number of hydrogen-bond donors (Lipinski definition) is 2. The topological polar surface area (TPSA) is 58.7 Å². The van der Waals surface area contributed by atoms with E-state index in [0.29, 0.717) is 23.8 Å². The predicted molar refractivity (Wildman–Crippen MR) is 67.1 cm³/mol. The lowest BCUT2D eigenvalue weighted by molar-refractivity contribution is 0.296. The molecule has 2 atom stereocenters. The minimum atomic E-state index is -0.429. The summed E-state index contributed by atoms with van der Waals surface area (Å²) in [5.41, 5.74) is 6.00. The van der Waals surface area contributed by atoms with Crippen LogP contribution in [0.15, 0.2) is 12.1 Å². The summed E-state index contributed by atoms with van der Waals surface area (Å²) in [6, 6.07) is 2.63. The van der Waals surface area contributed by atoms with Crippen molar-refractivity contribution in [3.05, 3.63) is 23.5 Å². The van der Waals surface area contributed by atoms with Crippen LogP contribution >= 0.6 is 0 Å². The van der Waals surface area contributed by atoms with Gasteiger partial charge in [0.05, 0.1) is 7.11 Å². The smallest absolute Gasteiger partial charge is 0.135 e. The monoisotopic (exact) mass is 254 g/mol. The molecule has 1 heterocycles. The van der Waals surface area contributed by atoms with Crippen molar-refractivity contribution in [1.29, 1.82) is 0 Å². The Hall–Kier alpha value is -1.33. The molecule has 1 fully saturated rings. The molecule has 0 aliphatic carbocycles. The van der Waals surface area contributed by atoms with Crippen LogP contribution in [-0.4, -0.2) is 37.3 Å². The Balaban J connectivity index is 2.34. The van der Waals surface area contributed by atoms with Gasteiger partial charge < -0.3 is 15.6 Å². The third-order valence-corrected chi connectivity index (χ3v) is 3.62. The lowest BCUT2D eigenvalue weighted by Crippen LogP contribution is -2.21. The van der Waals surface area contributed by atoms with Crippen LogP contribution in [0.3, 0.4) is 0 Å². The van der Waals surface area contributed by atoms with Crippen molar-refractivity contribution in [3.8, 4) is 11.5 Å². The maximum absolute atomic E-state index is 14.1. The van der Waals surface area contributed by atoms with E-state index >= 15 is 0 Å². The molecule has 1 aromatic rings. The third kappa shape index (κ3) is 2.28. The summed E-state index contributed by atoms with van der Waals surface area (Å²) in [4.78, 5) is 2.03. The lowest BCUT2D eigenvalue weighted by atomic mass is 9.98. The minimum Gasteiger partial charge on any atom is -0.507 e. The predicted octanol–water partition coefficient (Wildman–Crippen LogP) is 1.49. The summed E-state index contributed by atoms with van der Waals surface area (Å²) < 4.78 is 19.0. The van der Waals surface area contributed by atoms with Crippen molar-refractivity contribution in [2.75, 3.05) is 27.2 Å². The van der Waals surface area contributed by atoms with Gasteiger partial charge in [0.15, 0.2) is 0 Å². The second-order valence-corrected chi connectivity index (χ2v) is 4.83. The summed E-state index contributed by atoms with van der Waals surface area (Å²) in [6.45, 7) is 1.41. The number of benzene rings is 1. The Morgan fingerprint density at radius 1 is 1.56 bits per heavy atom. The molecule has 0 aromatic heterocycles. The average Bonchev–Trinajstić information content (AvgIpc) is 2.70. The standard InChI is InChI=1S/C13H19FN2O2/c1-16-7-8(6-15)3-11(16)13-10(14)4-9(18-2)5-12(13)17/h4-5,8,11,17H,3,6-7,15H2,1-2H3. The first kappa shape index (κ1) is 13.1. The van der Waals surface area contributed by atoms with Gasteiger partial charge in [-0.15, -0.1) is 0 Å². The van der Waals surface area contributed by atoms with Gasteiger partial charge in [-0.1, -0.05) is 0 Å². The molecule has 3 N–H and O–H groups in total. The first-order valence-electron chi connectivity index (χ1n) is 6.03. The molecule has 100 valence electrons. The second-order valence-electron chi connectivity index (χ2n) is 4.83. The second kappa shape index (κ2) is 5.12. The number of methoxy groups -OCH3 is 1. The van der Waals surface area contributed by atoms with Gasteiger partial charge in [-0.3, -0.25) is 4.90 Å². The zero-order valence-electron chi connectivity index (χ0n) is 10.7. The van der Waals surface area contributed by atoms with Gasteiger partial charge in [-0.2, -0.15) is 0 Å². The molecule has 0 amide bonds. The Labute approximate surface area is 106 Å². The van der Waals surface area contributed by atoms with E-state index in [1.54, 1.807) is 0 Å². The summed E-state index contributed by atoms with van der Waals surface area (Å²) in [5, 5.41) is 9.96. The van der Waals surface area contributed by atoms with Gasteiger partial charge in [0.2, 0.25) is 0 Å². The number of likely N-dealkylation sites (tertiary alicyclic amines) is 1. The molecule has 1 aromatic carbocycles. The molecule has 1 saturated heterocycles. The van der Waals surface area contributed by atoms with Crippen LogP contribution in [0.4, 0.5) is 4.39 Å². The van der Waals surface area contributed by atoms with Crippen molar-refractivity contribution in [2.24, 2.45) is 11.7 Å². The normalized spacial score (nSPS) is 24.4. The van der Waals surface area contributed by atoms with E-state index in [1.807, 2.05) is 11.9 Å². The van der Waals surface area contributed by atoms with Gasteiger partial charge in [0.25, 0.3) is 0 Å². The largest absolute Gasteiger partial charge is 0.507 e. The summed E-state index contributed by atoms with van der Waals surface area (Å²) >= 11 is 0. The Kier molecular flexibility index (Phi) is 3.73. The van der Waals surface area contributed by atoms with Gasteiger partial charge in [-0.05, 0) is 25.9 Å². The number of nitrogens with zero attached hydrogens (tertiary/aromatic N) is 1. The summed E-state index contributed by atoms with van der Waals surface area (Å²) in [5.74, 6) is 0.188. The highest BCUT2D eigenvalue weighted by molar-refractivity contribution is 5.43. The molecular weight excluding hydrogens is 235 g/mol. The van der Waals surface area contributed by atoms with E-state index in [0.717, 1.165) is 13.0 Å². The zero-order valence-corrected chi connectivity index (χ0v) is 10.7. The average molecular weight is 254 g/mol.